The SMILES string of the molecule is O=C(N[C@@H]1C[C@@H](CCO)[C]2[CH][CH][CH][C]21)OCC1c2ccccc2-c2ccccc21. The van der Waals surface area contributed by atoms with E-state index in [4.69, 9.17) is 4.74 Å². The maximum Gasteiger partial charge on any atom is 0.407 e. The molecule has 0 heterocycles. The summed E-state index contributed by atoms with van der Waals surface area (Å²) in [6.07, 6.45) is 7.32. The Kier molecular flexibility index (Phi) is 5.04. The summed E-state index contributed by atoms with van der Waals surface area (Å²) < 4.78 is 5.69. The molecular weight excluding hydrogens is 362 g/mol. The molecule has 0 aliphatic heterocycles. The molecule has 5 rings (SSSR count). The van der Waals surface area contributed by atoms with Gasteiger partial charge in [0.15, 0.2) is 0 Å². The van der Waals surface area contributed by atoms with Crippen molar-refractivity contribution in [3.05, 3.63) is 90.8 Å². The topological polar surface area (TPSA) is 58.6 Å². The summed E-state index contributed by atoms with van der Waals surface area (Å²) in [7, 11) is 0. The van der Waals surface area contributed by atoms with Gasteiger partial charge >= 0.3 is 6.09 Å². The van der Waals surface area contributed by atoms with E-state index in [0.29, 0.717) is 12.5 Å². The van der Waals surface area contributed by atoms with Gasteiger partial charge in [0.1, 0.15) is 6.61 Å². The molecule has 2 aromatic rings. The average Bonchev–Trinajstić information content (AvgIpc) is 3.42. The van der Waals surface area contributed by atoms with E-state index in [9.17, 15) is 9.90 Å². The highest BCUT2D eigenvalue weighted by atomic mass is 16.5. The third kappa shape index (κ3) is 3.33. The molecule has 0 saturated heterocycles. The normalized spacial score (nSPS) is 23.6. The van der Waals surface area contributed by atoms with E-state index >= 15 is 0 Å². The van der Waals surface area contributed by atoms with Crippen LogP contribution in [0.1, 0.15) is 29.9 Å². The molecule has 2 atom stereocenters. The Morgan fingerprint density at radius 2 is 1.66 bits per heavy atom. The molecule has 4 heteroatoms. The Morgan fingerprint density at radius 3 is 2.34 bits per heavy atom. The van der Waals surface area contributed by atoms with Gasteiger partial charge in [0.25, 0.3) is 0 Å². The van der Waals surface area contributed by atoms with Crippen LogP contribution in [0.25, 0.3) is 11.1 Å². The number of aliphatic hydroxyl groups is 1. The van der Waals surface area contributed by atoms with Crippen molar-refractivity contribution in [2.75, 3.05) is 13.2 Å². The van der Waals surface area contributed by atoms with Gasteiger partial charge < -0.3 is 15.2 Å². The minimum Gasteiger partial charge on any atom is -0.449 e. The number of benzene rings is 2. The molecular formula is C25H24NO3. The van der Waals surface area contributed by atoms with Crippen LogP contribution in [0.3, 0.4) is 0 Å². The number of hydrogen-bond acceptors (Lipinski definition) is 3. The maximum atomic E-state index is 12.6. The van der Waals surface area contributed by atoms with Gasteiger partial charge in [0.2, 0.25) is 0 Å². The predicted octanol–water partition coefficient (Wildman–Crippen LogP) is 4.07. The number of carbonyl (C=O) groups is 1. The lowest BCUT2D eigenvalue weighted by Crippen LogP contribution is -2.37. The van der Waals surface area contributed by atoms with Gasteiger partial charge in [-0.3, -0.25) is 0 Å². The number of amides is 1. The van der Waals surface area contributed by atoms with E-state index in [2.05, 4.69) is 42.4 Å². The molecule has 4 nitrogen and oxygen atoms in total. The number of fused-ring (bicyclic) bond motifs is 4. The predicted molar refractivity (Wildman–Crippen MR) is 111 cm³/mol. The summed E-state index contributed by atoms with van der Waals surface area (Å²) in [5.74, 6) is 2.75. The van der Waals surface area contributed by atoms with Crippen LogP contribution >= 0.6 is 0 Å². The monoisotopic (exact) mass is 386 g/mol. The molecule has 5 radical (unpaired) electrons. The lowest BCUT2D eigenvalue weighted by molar-refractivity contribution is 0.139. The quantitative estimate of drug-likeness (QED) is 0.814. The Morgan fingerprint density at radius 1 is 1.00 bits per heavy atom. The van der Waals surface area contributed by atoms with Gasteiger partial charge in [-0.25, -0.2) is 4.79 Å². The molecule has 2 saturated carbocycles. The summed E-state index contributed by atoms with van der Waals surface area (Å²) in [5.41, 5.74) is 4.87. The molecule has 0 aromatic heterocycles. The number of rotatable bonds is 5. The van der Waals surface area contributed by atoms with Gasteiger partial charge in [0, 0.05) is 24.5 Å². The van der Waals surface area contributed by atoms with Crippen molar-refractivity contribution >= 4 is 6.09 Å². The Labute approximate surface area is 172 Å². The lowest BCUT2D eigenvalue weighted by Gasteiger charge is -2.20. The van der Waals surface area contributed by atoms with Crippen LogP contribution in [-0.2, 0) is 4.74 Å². The summed E-state index contributed by atoms with van der Waals surface area (Å²) >= 11 is 0. The van der Waals surface area contributed by atoms with Crippen molar-refractivity contribution in [3.63, 3.8) is 0 Å². The van der Waals surface area contributed by atoms with E-state index < -0.39 is 0 Å². The zero-order valence-electron chi connectivity index (χ0n) is 16.2. The molecule has 3 aliphatic carbocycles. The fourth-order valence-electron chi connectivity index (χ4n) is 5.02. The first-order valence-corrected chi connectivity index (χ1v) is 10.2. The lowest BCUT2D eigenvalue weighted by atomic mass is 9.90. The number of alkyl carbamates (subject to hydrolysis) is 1. The van der Waals surface area contributed by atoms with Crippen LogP contribution < -0.4 is 5.32 Å². The highest BCUT2D eigenvalue weighted by Gasteiger charge is 2.47. The number of aliphatic hydroxyl groups excluding tert-OH is 1. The smallest absolute Gasteiger partial charge is 0.407 e. The minimum atomic E-state index is -0.381. The van der Waals surface area contributed by atoms with Gasteiger partial charge in [-0.15, -0.1) is 0 Å². The second kappa shape index (κ2) is 7.83. The van der Waals surface area contributed by atoms with Crippen LogP contribution in [-0.4, -0.2) is 30.5 Å². The highest BCUT2D eigenvalue weighted by Crippen LogP contribution is 2.50. The van der Waals surface area contributed by atoms with Gasteiger partial charge in [-0.05, 0) is 66.2 Å². The van der Waals surface area contributed by atoms with Crippen LogP contribution in [0.4, 0.5) is 4.79 Å². The molecule has 29 heavy (non-hydrogen) atoms. The van der Waals surface area contributed by atoms with Crippen molar-refractivity contribution in [2.45, 2.75) is 24.8 Å². The van der Waals surface area contributed by atoms with Crippen LogP contribution in [0.15, 0.2) is 48.5 Å². The van der Waals surface area contributed by atoms with Crippen LogP contribution in [0.5, 0.6) is 0 Å². The highest BCUT2D eigenvalue weighted by molar-refractivity contribution is 5.79. The van der Waals surface area contributed by atoms with Gasteiger partial charge in [-0.2, -0.15) is 0 Å². The molecule has 147 valence electrons. The van der Waals surface area contributed by atoms with E-state index in [0.717, 1.165) is 18.8 Å². The van der Waals surface area contributed by atoms with E-state index in [1.54, 1.807) is 0 Å². The minimum absolute atomic E-state index is 0.0489. The number of nitrogens with one attached hydrogen (secondary N) is 1. The summed E-state index contributed by atoms with van der Waals surface area (Å²) in [5, 5.41) is 12.4. The fraction of sp³-hybridized carbons (Fsp3) is 0.280. The van der Waals surface area contributed by atoms with Crippen molar-refractivity contribution in [1.82, 2.24) is 5.32 Å². The second-order valence-electron chi connectivity index (χ2n) is 7.90. The van der Waals surface area contributed by atoms with Crippen LogP contribution in [0, 0.1) is 37.0 Å². The van der Waals surface area contributed by atoms with Gasteiger partial charge in [-0.1, -0.05) is 48.5 Å². The zero-order chi connectivity index (χ0) is 19.8. The summed E-state index contributed by atoms with van der Waals surface area (Å²) in [6.45, 7) is 0.480. The zero-order valence-corrected chi connectivity index (χ0v) is 16.2. The molecule has 3 aliphatic rings. The van der Waals surface area contributed by atoms with Crippen molar-refractivity contribution < 1.29 is 14.6 Å². The fourth-order valence-corrected chi connectivity index (χ4v) is 5.02. The Bertz CT molecular complexity index is 850. The molecule has 0 unspecified atom stereocenters. The maximum absolute atomic E-state index is 12.6. The summed E-state index contributed by atoms with van der Waals surface area (Å²) in [6, 6.07) is 16.6. The molecule has 2 fully saturated rings. The van der Waals surface area contributed by atoms with Crippen LogP contribution in [0.2, 0.25) is 0 Å². The average molecular weight is 386 g/mol. The largest absolute Gasteiger partial charge is 0.449 e. The standard InChI is InChI=1S/C25H24NO3/c27-13-12-16-14-24(22-11-5-10-17(16)22)26-25(28)29-15-23-20-8-3-1-6-18(20)19-7-2-4-9-21(19)23/h1-11,16,23-24,27H,12-15H2,(H,26,28)/t16-,24-/m1/s1. The molecule has 0 bridgehead atoms. The van der Waals surface area contributed by atoms with E-state index in [-0.39, 0.29) is 24.7 Å². The first-order valence-electron chi connectivity index (χ1n) is 10.2. The first-order chi connectivity index (χ1) is 14.3. The molecule has 1 amide bonds. The second-order valence-corrected chi connectivity index (χ2v) is 7.90. The molecule has 2 aromatic carbocycles. The molecule has 2 N–H and O–H groups in total. The molecule has 0 spiro atoms. The first kappa shape index (κ1) is 18.7. The van der Waals surface area contributed by atoms with E-state index in [1.165, 1.54) is 28.2 Å². The van der Waals surface area contributed by atoms with Crippen molar-refractivity contribution in [2.24, 2.45) is 5.92 Å². The number of hydrogen-bond donors (Lipinski definition) is 2. The Hall–Kier alpha value is -2.33. The third-order valence-corrected chi connectivity index (χ3v) is 6.33. The third-order valence-electron chi connectivity index (χ3n) is 6.33. The van der Waals surface area contributed by atoms with E-state index in [1.807, 2.05) is 30.7 Å². The summed E-state index contributed by atoms with van der Waals surface area (Å²) in [4.78, 5) is 12.6. The van der Waals surface area contributed by atoms with Crippen molar-refractivity contribution in [1.29, 1.82) is 0 Å². The Balaban J connectivity index is 1.25. The van der Waals surface area contributed by atoms with Gasteiger partial charge in [0.05, 0.1) is 0 Å². The number of carbonyl (C=O) groups excluding carboxylic acids is 1. The number of ether oxygens (including phenoxy) is 1. The van der Waals surface area contributed by atoms with Crippen molar-refractivity contribution in [3.8, 4) is 11.1 Å².